The summed E-state index contributed by atoms with van der Waals surface area (Å²) in [5, 5.41) is 5.87. The third-order valence-electron chi connectivity index (χ3n) is 6.57. The molecule has 0 bridgehead atoms. The average Bonchev–Trinajstić information content (AvgIpc) is 3.28. The lowest BCUT2D eigenvalue weighted by Gasteiger charge is -2.27. The molecular formula is C31H24PSi+. The summed E-state index contributed by atoms with van der Waals surface area (Å²) in [5.74, 6) is 0. The van der Waals surface area contributed by atoms with Crippen molar-refractivity contribution in [1.82, 2.24) is 0 Å². The van der Waals surface area contributed by atoms with Crippen molar-refractivity contribution in [2.24, 2.45) is 0 Å². The van der Waals surface area contributed by atoms with Gasteiger partial charge in [-0.25, -0.2) is 0 Å². The summed E-state index contributed by atoms with van der Waals surface area (Å²) in [7, 11) is 0.679. The highest BCUT2D eigenvalue weighted by molar-refractivity contribution is 8.17. The van der Waals surface area contributed by atoms with Crippen LogP contribution in [0.2, 0.25) is 0 Å². The molecule has 0 saturated heterocycles. The van der Waals surface area contributed by atoms with Crippen LogP contribution in [0.3, 0.4) is 0 Å². The third kappa shape index (κ3) is 3.49. The number of benzene rings is 5. The molecule has 2 heteroatoms. The van der Waals surface area contributed by atoms with Crippen LogP contribution in [0.4, 0.5) is 0 Å². The van der Waals surface area contributed by atoms with Crippen molar-refractivity contribution in [3.05, 3.63) is 145 Å². The molecule has 1 aliphatic carbocycles. The second-order valence-electron chi connectivity index (χ2n) is 8.45. The van der Waals surface area contributed by atoms with Gasteiger partial charge in [0.05, 0.1) is 22.7 Å². The topological polar surface area (TPSA) is 0 Å². The zero-order chi connectivity index (χ0) is 22.1. The zero-order valence-electron chi connectivity index (χ0n) is 18.4. The molecule has 0 heterocycles. The molecule has 6 rings (SSSR count). The van der Waals surface area contributed by atoms with Crippen LogP contribution in [0.1, 0.15) is 11.1 Å². The Morgan fingerprint density at radius 2 is 0.939 bits per heavy atom. The van der Waals surface area contributed by atoms with Crippen molar-refractivity contribution in [2.75, 3.05) is 0 Å². The molecule has 0 spiro atoms. The molecule has 33 heavy (non-hydrogen) atoms. The normalized spacial score (nSPS) is 12.2. The van der Waals surface area contributed by atoms with Crippen LogP contribution >= 0.6 is 6.81 Å². The highest BCUT2D eigenvalue weighted by Gasteiger charge is 2.47. The van der Waals surface area contributed by atoms with Crippen LogP contribution in [0.25, 0.3) is 11.1 Å². The summed E-state index contributed by atoms with van der Waals surface area (Å²) in [5.41, 5.74) is 5.79. The van der Waals surface area contributed by atoms with E-state index >= 15 is 0 Å². The van der Waals surface area contributed by atoms with E-state index in [-0.39, 0.29) is 0 Å². The number of fused-ring (bicyclic) bond motifs is 3. The molecule has 0 fully saturated rings. The number of hydrogen-bond acceptors (Lipinski definition) is 0. The molecule has 0 saturated carbocycles. The van der Waals surface area contributed by atoms with Crippen molar-refractivity contribution in [2.45, 2.75) is 6.42 Å². The van der Waals surface area contributed by atoms with Crippen LogP contribution in [0.15, 0.2) is 133 Å². The van der Waals surface area contributed by atoms with Crippen molar-refractivity contribution in [3.8, 4) is 11.1 Å². The predicted octanol–water partition coefficient (Wildman–Crippen LogP) is 5.50. The van der Waals surface area contributed by atoms with Crippen LogP contribution in [-0.2, 0) is 6.42 Å². The van der Waals surface area contributed by atoms with Gasteiger partial charge < -0.3 is 0 Å². The summed E-state index contributed by atoms with van der Waals surface area (Å²) in [4.78, 5) is 0. The van der Waals surface area contributed by atoms with E-state index in [9.17, 15) is 0 Å². The van der Waals surface area contributed by atoms with Crippen molar-refractivity contribution in [3.63, 3.8) is 0 Å². The molecule has 156 valence electrons. The van der Waals surface area contributed by atoms with Gasteiger partial charge in [0, 0.05) is 0 Å². The molecule has 0 amide bonds. The molecule has 5 aromatic carbocycles. The lowest BCUT2D eigenvalue weighted by molar-refractivity contribution is 1.28. The summed E-state index contributed by atoms with van der Waals surface area (Å²) in [6, 6.07) is 49.5. The zero-order valence-corrected chi connectivity index (χ0v) is 20.3. The minimum absolute atomic E-state index is 0.679. The van der Waals surface area contributed by atoms with Gasteiger partial charge in [0.1, 0.15) is 0 Å². The first-order chi connectivity index (χ1) is 16.4. The third-order valence-corrected chi connectivity index (χ3v) is 14.9. The molecule has 0 aliphatic heterocycles. The van der Waals surface area contributed by atoms with E-state index < -0.39 is 6.81 Å². The number of hydrogen-bond donors (Lipinski definition) is 0. The lowest BCUT2D eigenvalue weighted by Crippen LogP contribution is -2.40. The van der Waals surface area contributed by atoms with E-state index in [2.05, 4.69) is 133 Å². The standard InChI is InChI=1S/C31H24PSi/c1-4-14-25(15-5-1)32(26-16-6-2-7-17-26,27-18-8-3-9-19-27)33-31-22-12-21-29-28-20-11-10-13-24(28)23-30(29)31/h1-22H,23H2/q+1. The van der Waals surface area contributed by atoms with Gasteiger partial charge in [0.25, 0.3) is 0 Å². The predicted molar refractivity (Wildman–Crippen MR) is 145 cm³/mol. The van der Waals surface area contributed by atoms with Gasteiger partial charge in [-0.2, -0.15) is 0 Å². The summed E-state index contributed by atoms with van der Waals surface area (Å²) in [6.07, 6.45) is 1.03. The SMILES string of the molecule is c1ccc([P+]([Si]c2cccc3c2Cc2ccccc2-3)(c2ccccc2)c2ccccc2)cc1. The minimum atomic E-state index is -1.87. The van der Waals surface area contributed by atoms with E-state index in [1.165, 1.54) is 43.4 Å². The van der Waals surface area contributed by atoms with Crippen molar-refractivity contribution < 1.29 is 0 Å². The maximum absolute atomic E-state index is 2.38. The van der Waals surface area contributed by atoms with Crippen LogP contribution in [-0.4, -0.2) is 9.19 Å². The van der Waals surface area contributed by atoms with Crippen LogP contribution < -0.4 is 21.1 Å². The Morgan fingerprint density at radius 3 is 1.52 bits per heavy atom. The van der Waals surface area contributed by atoms with Gasteiger partial charge >= 0.3 is 9.19 Å². The lowest BCUT2D eigenvalue weighted by atomic mass is 10.1. The molecule has 2 radical (unpaired) electrons. The molecule has 0 atom stereocenters. The highest BCUT2D eigenvalue weighted by Crippen LogP contribution is 2.53. The maximum Gasteiger partial charge on any atom is 0.353 e. The highest BCUT2D eigenvalue weighted by atomic mass is 31.4. The van der Waals surface area contributed by atoms with E-state index in [1.807, 2.05) is 0 Å². The largest absolute Gasteiger partial charge is 0.353 e. The Balaban J connectivity index is 1.60. The Morgan fingerprint density at radius 1 is 0.455 bits per heavy atom. The second-order valence-corrected chi connectivity index (χ2v) is 14.8. The Hall–Kier alpha value is -3.25. The van der Waals surface area contributed by atoms with Gasteiger partial charge in [-0.1, -0.05) is 97.1 Å². The molecule has 5 aromatic rings. The van der Waals surface area contributed by atoms with Crippen molar-refractivity contribution in [1.29, 1.82) is 0 Å². The fourth-order valence-corrected chi connectivity index (χ4v) is 13.3. The Kier molecular flexibility index (Phi) is 5.30. The monoisotopic (exact) mass is 455 g/mol. The summed E-state index contributed by atoms with van der Waals surface area (Å²) in [6.45, 7) is -1.87. The fraction of sp³-hybridized carbons (Fsp3) is 0.0323. The summed E-state index contributed by atoms with van der Waals surface area (Å²) < 4.78 is 0. The van der Waals surface area contributed by atoms with Gasteiger partial charge in [0.2, 0.25) is 0 Å². The fourth-order valence-electron chi connectivity index (χ4n) is 5.04. The first-order valence-corrected chi connectivity index (χ1v) is 15.0. The average molecular weight is 456 g/mol. The number of rotatable bonds is 5. The minimum Gasteiger partial charge on any atom is -0.0620 e. The van der Waals surface area contributed by atoms with E-state index in [4.69, 9.17) is 0 Å². The molecule has 0 unspecified atom stereocenters. The second kappa shape index (κ2) is 8.59. The Bertz CT molecular complexity index is 1300. The van der Waals surface area contributed by atoms with Crippen molar-refractivity contribution >= 4 is 37.1 Å². The molecule has 0 nitrogen and oxygen atoms in total. The van der Waals surface area contributed by atoms with Gasteiger partial charge in [-0.3, -0.25) is 0 Å². The smallest absolute Gasteiger partial charge is 0.0620 e. The molecule has 0 N–H and O–H groups in total. The quantitative estimate of drug-likeness (QED) is 0.238. The van der Waals surface area contributed by atoms with Gasteiger partial charge in [-0.15, -0.1) is 0 Å². The first-order valence-electron chi connectivity index (χ1n) is 11.4. The summed E-state index contributed by atoms with van der Waals surface area (Å²) >= 11 is 0. The van der Waals surface area contributed by atoms with E-state index in [1.54, 1.807) is 0 Å². The van der Waals surface area contributed by atoms with E-state index in [0.717, 1.165) is 6.42 Å². The molecule has 0 aromatic heterocycles. The maximum atomic E-state index is 2.38. The van der Waals surface area contributed by atoms with Crippen LogP contribution in [0, 0.1) is 0 Å². The van der Waals surface area contributed by atoms with E-state index in [0.29, 0.717) is 9.19 Å². The molecular weight excluding hydrogens is 431 g/mol. The van der Waals surface area contributed by atoms with Gasteiger partial charge in [-0.05, 0) is 70.3 Å². The Labute approximate surface area is 199 Å². The molecule has 1 aliphatic rings. The van der Waals surface area contributed by atoms with Gasteiger partial charge in [0.15, 0.2) is 0 Å². The van der Waals surface area contributed by atoms with Crippen LogP contribution in [0.5, 0.6) is 0 Å². The first kappa shape index (κ1) is 20.4.